The molecule has 0 saturated heterocycles. The summed E-state index contributed by atoms with van der Waals surface area (Å²) < 4.78 is 50.8. The molecule has 0 unspecified atom stereocenters. The van der Waals surface area contributed by atoms with Crippen molar-refractivity contribution in [3.05, 3.63) is 107 Å². The van der Waals surface area contributed by atoms with Crippen LogP contribution in [0.4, 0.5) is 5.69 Å². The molecule has 0 heterocycles. The Hall–Kier alpha value is -4.74. The number of aryl methyl sites for hydroxylation is 1. The Morgan fingerprint density at radius 1 is 0.867 bits per heavy atom. The number of sulfonamides is 1. The van der Waals surface area contributed by atoms with Gasteiger partial charge >= 0.3 is 0 Å². The Balaban J connectivity index is 1.49. The number of hydrogen-bond donors (Lipinski definition) is 1. The second-order valence-corrected chi connectivity index (χ2v) is 12.0. The lowest BCUT2D eigenvalue weighted by Gasteiger charge is -2.24. The van der Waals surface area contributed by atoms with Gasteiger partial charge in [0.1, 0.15) is 13.2 Å². The summed E-state index contributed by atoms with van der Waals surface area (Å²) in [7, 11) is -1.32. The van der Waals surface area contributed by atoms with Crippen molar-refractivity contribution in [2.45, 2.75) is 25.3 Å². The fraction of sp³-hybridized carbons (Fsp3) is 0.212. The lowest BCUT2D eigenvalue weighted by atomic mass is 10.2. The molecule has 0 atom stereocenters. The Morgan fingerprint density at radius 2 is 1.56 bits per heavy atom. The predicted molar refractivity (Wildman–Crippen MR) is 174 cm³/mol. The van der Waals surface area contributed by atoms with Gasteiger partial charge in [0.05, 0.1) is 37.6 Å². The van der Waals surface area contributed by atoms with Crippen molar-refractivity contribution in [3.63, 3.8) is 0 Å². The second-order valence-electron chi connectivity index (χ2n) is 9.71. The van der Waals surface area contributed by atoms with Crippen LogP contribution >= 0.6 is 11.6 Å². The molecular weight excluding hydrogens is 618 g/mol. The summed E-state index contributed by atoms with van der Waals surface area (Å²) in [4.78, 5) is 13.0. The summed E-state index contributed by atoms with van der Waals surface area (Å²) in [6.07, 6.45) is 1.43. The highest BCUT2D eigenvalue weighted by Crippen LogP contribution is 2.32. The molecule has 0 bridgehead atoms. The van der Waals surface area contributed by atoms with E-state index in [-0.39, 0.29) is 10.6 Å². The first-order valence-electron chi connectivity index (χ1n) is 13.9. The molecule has 0 aliphatic carbocycles. The number of amides is 1. The summed E-state index contributed by atoms with van der Waals surface area (Å²) in [6, 6.07) is 23.6. The maximum Gasteiger partial charge on any atom is 0.264 e. The van der Waals surface area contributed by atoms with Gasteiger partial charge in [-0.05, 0) is 79.6 Å². The topological polar surface area (TPSA) is 116 Å². The SMILES string of the molecule is CCOc1cc(/C=N\NC(=O)CN(c2ccc(C)cc2)S(=O)(=O)c2ccc(OC)c(OC)c2)ccc1OCc1ccc(Cl)cc1. The Morgan fingerprint density at radius 3 is 2.22 bits per heavy atom. The van der Waals surface area contributed by atoms with Crippen molar-refractivity contribution < 1.29 is 32.2 Å². The summed E-state index contributed by atoms with van der Waals surface area (Å²) in [5.74, 6) is 1.02. The van der Waals surface area contributed by atoms with Crippen LogP contribution in [0.25, 0.3) is 0 Å². The molecule has 236 valence electrons. The van der Waals surface area contributed by atoms with Crippen LogP contribution in [0.3, 0.4) is 0 Å². The zero-order valence-electron chi connectivity index (χ0n) is 25.3. The Bertz CT molecular complexity index is 1750. The van der Waals surface area contributed by atoms with Crippen LogP contribution in [0.5, 0.6) is 23.0 Å². The molecule has 0 aliphatic heterocycles. The molecule has 0 radical (unpaired) electrons. The molecule has 10 nitrogen and oxygen atoms in total. The monoisotopic (exact) mass is 651 g/mol. The van der Waals surface area contributed by atoms with Crippen LogP contribution in [0.1, 0.15) is 23.6 Å². The molecule has 1 N–H and O–H groups in total. The highest BCUT2D eigenvalue weighted by Gasteiger charge is 2.28. The minimum atomic E-state index is -4.19. The quantitative estimate of drug-likeness (QED) is 0.132. The minimum absolute atomic E-state index is 0.0705. The zero-order chi connectivity index (χ0) is 32.4. The van der Waals surface area contributed by atoms with Crippen LogP contribution in [-0.2, 0) is 21.4 Å². The number of halogens is 1. The van der Waals surface area contributed by atoms with E-state index in [0.717, 1.165) is 15.4 Å². The summed E-state index contributed by atoms with van der Waals surface area (Å²) >= 11 is 5.96. The second kappa shape index (κ2) is 15.3. The molecule has 12 heteroatoms. The van der Waals surface area contributed by atoms with E-state index in [1.807, 2.05) is 26.0 Å². The number of ether oxygens (including phenoxy) is 4. The molecular formula is C33H34ClN3O7S. The van der Waals surface area contributed by atoms with Gasteiger partial charge < -0.3 is 18.9 Å². The zero-order valence-corrected chi connectivity index (χ0v) is 26.9. The fourth-order valence-corrected chi connectivity index (χ4v) is 5.77. The average molecular weight is 652 g/mol. The van der Waals surface area contributed by atoms with Crippen LogP contribution < -0.4 is 28.7 Å². The van der Waals surface area contributed by atoms with Gasteiger partial charge in [-0.3, -0.25) is 9.10 Å². The number of benzene rings is 4. The first kappa shape index (κ1) is 33.2. The lowest BCUT2D eigenvalue weighted by Crippen LogP contribution is -2.39. The normalized spacial score (nSPS) is 11.2. The van der Waals surface area contributed by atoms with Gasteiger partial charge in [-0.25, -0.2) is 13.8 Å². The molecule has 0 fully saturated rings. The lowest BCUT2D eigenvalue weighted by molar-refractivity contribution is -0.119. The number of carbonyl (C=O) groups is 1. The van der Waals surface area contributed by atoms with E-state index in [2.05, 4.69) is 10.5 Å². The predicted octanol–water partition coefficient (Wildman–Crippen LogP) is 5.99. The van der Waals surface area contributed by atoms with Crippen molar-refractivity contribution >= 4 is 39.4 Å². The minimum Gasteiger partial charge on any atom is -0.493 e. The Labute approximate surface area is 268 Å². The largest absolute Gasteiger partial charge is 0.493 e. The number of nitrogens with one attached hydrogen (secondary N) is 1. The number of rotatable bonds is 14. The van der Waals surface area contributed by atoms with Gasteiger partial charge in [0.25, 0.3) is 15.9 Å². The van der Waals surface area contributed by atoms with E-state index >= 15 is 0 Å². The molecule has 0 aliphatic rings. The standard InChI is InChI=1S/C33H34ClN3O7S/c1-5-43-32-18-25(10-16-30(32)44-22-24-8-11-26(34)12-9-24)20-35-36-33(38)21-37(27-13-6-23(2)7-14-27)45(39,40)28-15-17-29(41-3)31(19-28)42-4/h6-20H,5,21-22H2,1-4H3,(H,36,38)/b35-20-. The van der Waals surface area contributed by atoms with E-state index < -0.39 is 22.5 Å². The third-order valence-electron chi connectivity index (χ3n) is 6.53. The first-order chi connectivity index (χ1) is 21.6. The molecule has 0 aromatic heterocycles. The summed E-state index contributed by atoms with van der Waals surface area (Å²) in [5, 5.41) is 4.69. The number of carbonyl (C=O) groups excluding carboxylic acids is 1. The van der Waals surface area contributed by atoms with Crippen molar-refractivity contribution in [2.75, 3.05) is 31.7 Å². The van der Waals surface area contributed by atoms with Crippen LogP contribution in [-0.4, -0.2) is 47.9 Å². The maximum atomic E-state index is 13.8. The van der Waals surface area contributed by atoms with Gasteiger partial charge in [-0.1, -0.05) is 41.4 Å². The maximum absolute atomic E-state index is 13.8. The third kappa shape index (κ3) is 8.68. The van der Waals surface area contributed by atoms with Crippen molar-refractivity contribution in [1.82, 2.24) is 5.43 Å². The van der Waals surface area contributed by atoms with Crippen molar-refractivity contribution in [3.8, 4) is 23.0 Å². The number of anilines is 1. The van der Waals surface area contributed by atoms with E-state index in [0.29, 0.717) is 46.7 Å². The van der Waals surface area contributed by atoms with Gasteiger partial charge in [-0.2, -0.15) is 5.10 Å². The van der Waals surface area contributed by atoms with E-state index in [4.69, 9.17) is 30.5 Å². The molecule has 45 heavy (non-hydrogen) atoms. The molecule has 1 amide bonds. The summed E-state index contributed by atoms with van der Waals surface area (Å²) in [6.45, 7) is 3.95. The average Bonchev–Trinajstić information content (AvgIpc) is 3.04. The van der Waals surface area contributed by atoms with Gasteiger partial charge in [0, 0.05) is 11.1 Å². The summed E-state index contributed by atoms with van der Waals surface area (Å²) in [5.41, 5.74) is 5.24. The highest BCUT2D eigenvalue weighted by molar-refractivity contribution is 7.92. The van der Waals surface area contributed by atoms with Crippen molar-refractivity contribution in [1.29, 1.82) is 0 Å². The van der Waals surface area contributed by atoms with Crippen molar-refractivity contribution in [2.24, 2.45) is 5.10 Å². The van der Waals surface area contributed by atoms with E-state index in [9.17, 15) is 13.2 Å². The molecule has 0 spiro atoms. The highest BCUT2D eigenvalue weighted by atomic mass is 35.5. The van der Waals surface area contributed by atoms with E-state index in [1.54, 1.807) is 54.6 Å². The molecule has 4 rings (SSSR count). The first-order valence-corrected chi connectivity index (χ1v) is 15.7. The van der Waals surface area contributed by atoms with Gasteiger partial charge in [0.15, 0.2) is 23.0 Å². The Kier molecular flexibility index (Phi) is 11.3. The van der Waals surface area contributed by atoms with Gasteiger partial charge in [-0.15, -0.1) is 0 Å². The fourth-order valence-electron chi connectivity index (χ4n) is 4.21. The number of hydrogen-bond acceptors (Lipinski definition) is 8. The van der Waals surface area contributed by atoms with Crippen LogP contribution in [0.15, 0.2) is 94.9 Å². The number of hydrazone groups is 1. The molecule has 0 saturated carbocycles. The van der Waals surface area contributed by atoms with Gasteiger partial charge in [0.2, 0.25) is 0 Å². The molecule has 4 aromatic carbocycles. The van der Waals surface area contributed by atoms with Crippen LogP contribution in [0, 0.1) is 6.92 Å². The smallest absolute Gasteiger partial charge is 0.264 e. The molecule has 4 aromatic rings. The third-order valence-corrected chi connectivity index (χ3v) is 8.55. The number of methoxy groups -OCH3 is 2. The van der Waals surface area contributed by atoms with Crippen LogP contribution in [0.2, 0.25) is 5.02 Å². The van der Waals surface area contributed by atoms with E-state index in [1.165, 1.54) is 38.6 Å². The number of nitrogens with zero attached hydrogens (tertiary/aromatic N) is 2.